The number of benzene rings is 2. The lowest BCUT2D eigenvalue weighted by atomic mass is 9.89. The van der Waals surface area contributed by atoms with Gasteiger partial charge >= 0.3 is 6.18 Å². The molecular formula is C26H27F3N4O2S. The van der Waals surface area contributed by atoms with Crippen molar-refractivity contribution in [1.29, 1.82) is 0 Å². The highest BCUT2D eigenvalue weighted by atomic mass is 32.2. The zero-order valence-corrected chi connectivity index (χ0v) is 20.8. The van der Waals surface area contributed by atoms with Crippen LogP contribution in [-0.2, 0) is 18.0 Å². The van der Waals surface area contributed by atoms with Crippen molar-refractivity contribution < 1.29 is 22.8 Å². The molecule has 1 aromatic heterocycles. The zero-order valence-electron chi connectivity index (χ0n) is 20.0. The minimum atomic E-state index is -4.65. The molecule has 0 spiro atoms. The minimum Gasteiger partial charge on any atom is -0.337 e. The number of thioether (sulfide) groups is 1. The van der Waals surface area contributed by atoms with Gasteiger partial charge in [-0.2, -0.15) is 13.2 Å². The number of piperidine rings is 1. The van der Waals surface area contributed by atoms with E-state index in [4.69, 9.17) is 0 Å². The zero-order chi connectivity index (χ0) is 25.9. The number of alkyl halides is 3. The van der Waals surface area contributed by atoms with E-state index >= 15 is 0 Å². The van der Waals surface area contributed by atoms with Gasteiger partial charge in [0, 0.05) is 30.7 Å². The molecule has 2 heterocycles. The first-order valence-corrected chi connectivity index (χ1v) is 12.6. The minimum absolute atomic E-state index is 0.0899. The van der Waals surface area contributed by atoms with Crippen molar-refractivity contribution in [2.45, 2.75) is 36.8 Å². The largest absolute Gasteiger partial charge is 0.433 e. The number of aryl methyl sites for hydroxylation is 2. The Bertz CT molecular complexity index is 1220. The van der Waals surface area contributed by atoms with Gasteiger partial charge in [-0.1, -0.05) is 29.8 Å². The first-order valence-electron chi connectivity index (χ1n) is 11.6. The standard InChI is InChI=1S/C26H27F3N4O2S/c1-17-3-9-21(10-4-17)36-15-22(34)31-20-7-5-18(6-8-20)19-11-13-33(14-12-19)25(35)23-24(26(27,28)29)32(2)16-30-23/h3-10,16,19H,11-15H2,1-2H3,(H,31,34). The Morgan fingerprint density at radius 3 is 2.31 bits per heavy atom. The molecule has 0 radical (unpaired) electrons. The molecule has 10 heteroatoms. The van der Waals surface area contributed by atoms with Gasteiger partial charge in [0.05, 0.1) is 12.1 Å². The highest BCUT2D eigenvalue weighted by Gasteiger charge is 2.41. The molecule has 0 unspecified atom stereocenters. The van der Waals surface area contributed by atoms with Gasteiger partial charge in [-0.25, -0.2) is 4.98 Å². The Hall–Kier alpha value is -3.27. The Balaban J connectivity index is 1.29. The van der Waals surface area contributed by atoms with Crippen LogP contribution in [0.5, 0.6) is 0 Å². The number of rotatable bonds is 6. The fourth-order valence-corrected chi connectivity index (χ4v) is 5.00. The molecule has 2 amide bonds. The van der Waals surface area contributed by atoms with Crippen LogP contribution in [0.2, 0.25) is 0 Å². The Morgan fingerprint density at radius 1 is 1.06 bits per heavy atom. The van der Waals surface area contributed by atoms with Crippen LogP contribution in [0.15, 0.2) is 59.8 Å². The molecule has 1 saturated heterocycles. The molecule has 1 fully saturated rings. The molecular weight excluding hydrogens is 489 g/mol. The third kappa shape index (κ3) is 6.10. The summed E-state index contributed by atoms with van der Waals surface area (Å²) in [6.07, 6.45) is -2.35. The smallest absolute Gasteiger partial charge is 0.337 e. The summed E-state index contributed by atoms with van der Waals surface area (Å²) < 4.78 is 40.9. The molecule has 190 valence electrons. The summed E-state index contributed by atoms with van der Waals surface area (Å²) in [6.45, 7) is 2.72. The van der Waals surface area contributed by atoms with Crippen molar-refractivity contribution in [2.24, 2.45) is 7.05 Å². The lowest BCUT2D eigenvalue weighted by molar-refractivity contribution is -0.143. The molecule has 1 N–H and O–H groups in total. The number of imidazole rings is 1. The van der Waals surface area contributed by atoms with E-state index in [1.807, 2.05) is 55.5 Å². The van der Waals surface area contributed by atoms with Gasteiger partial charge in [0.25, 0.3) is 5.91 Å². The second-order valence-electron chi connectivity index (χ2n) is 8.89. The summed E-state index contributed by atoms with van der Waals surface area (Å²) in [7, 11) is 1.23. The number of halogens is 3. The van der Waals surface area contributed by atoms with Gasteiger partial charge in [0.2, 0.25) is 5.91 Å². The summed E-state index contributed by atoms with van der Waals surface area (Å²) in [4.78, 5) is 31.2. The number of carbonyl (C=O) groups is 2. The number of anilines is 1. The highest BCUT2D eigenvalue weighted by molar-refractivity contribution is 8.00. The molecule has 3 aromatic rings. The van der Waals surface area contributed by atoms with Crippen LogP contribution >= 0.6 is 11.8 Å². The first kappa shape index (κ1) is 25.8. The average molecular weight is 517 g/mol. The van der Waals surface area contributed by atoms with E-state index in [-0.39, 0.29) is 11.8 Å². The second-order valence-corrected chi connectivity index (χ2v) is 9.94. The van der Waals surface area contributed by atoms with Crippen molar-refractivity contribution in [3.8, 4) is 0 Å². The predicted octanol–water partition coefficient (Wildman–Crippen LogP) is 5.50. The van der Waals surface area contributed by atoms with Gasteiger partial charge in [-0.3, -0.25) is 9.59 Å². The maximum atomic E-state index is 13.3. The fraction of sp³-hybridized carbons (Fsp3) is 0.346. The maximum absolute atomic E-state index is 13.3. The van der Waals surface area contributed by atoms with E-state index in [2.05, 4.69) is 10.3 Å². The van der Waals surface area contributed by atoms with Gasteiger partial charge in [-0.15, -0.1) is 11.8 Å². The van der Waals surface area contributed by atoms with Crippen LogP contribution in [0.25, 0.3) is 0 Å². The predicted molar refractivity (Wildman–Crippen MR) is 133 cm³/mol. The maximum Gasteiger partial charge on any atom is 0.433 e. The lowest BCUT2D eigenvalue weighted by Crippen LogP contribution is -2.39. The Kier molecular flexibility index (Phi) is 7.73. The fourth-order valence-electron chi connectivity index (χ4n) is 4.31. The first-order chi connectivity index (χ1) is 17.1. The van der Waals surface area contributed by atoms with Gasteiger partial charge in [0.1, 0.15) is 0 Å². The van der Waals surface area contributed by atoms with Crippen molar-refractivity contribution in [3.63, 3.8) is 0 Å². The van der Waals surface area contributed by atoms with Crippen LogP contribution in [-0.4, -0.2) is 45.1 Å². The van der Waals surface area contributed by atoms with E-state index in [1.165, 1.54) is 29.3 Å². The number of hydrogen-bond donors (Lipinski definition) is 1. The Labute approximate surface area is 211 Å². The van der Waals surface area contributed by atoms with Crippen LogP contribution in [0.3, 0.4) is 0 Å². The second kappa shape index (κ2) is 10.8. The number of hydrogen-bond acceptors (Lipinski definition) is 4. The number of nitrogens with one attached hydrogen (secondary N) is 1. The summed E-state index contributed by atoms with van der Waals surface area (Å²) in [5, 5.41) is 2.90. The van der Waals surface area contributed by atoms with Crippen molar-refractivity contribution >= 4 is 29.3 Å². The van der Waals surface area contributed by atoms with Crippen LogP contribution in [0.1, 0.15) is 46.1 Å². The van der Waals surface area contributed by atoms with E-state index in [9.17, 15) is 22.8 Å². The topological polar surface area (TPSA) is 67.2 Å². The molecule has 0 bridgehead atoms. The molecule has 4 rings (SSSR count). The quantitative estimate of drug-likeness (QED) is 0.440. The van der Waals surface area contributed by atoms with E-state index in [1.54, 1.807) is 0 Å². The summed E-state index contributed by atoms with van der Waals surface area (Å²) >= 11 is 1.47. The van der Waals surface area contributed by atoms with Crippen molar-refractivity contribution in [1.82, 2.24) is 14.5 Å². The summed E-state index contributed by atoms with van der Waals surface area (Å²) in [5.74, 6) is -0.290. The number of aromatic nitrogens is 2. The van der Waals surface area contributed by atoms with E-state index in [0.29, 0.717) is 37.4 Å². The SMILES string of the molecule is Cc1ccc(SCC(=O)Nc2ccc(C3CCN(C(=O)c4ncn(C)c4C(F)(F)F)CC3)cc2)cc1. The lowest BCUT2D eigenvalue weighted by Gasteiger charge is -2.32. The average Bonchev–Trinajstić information content (AvgIpc) is 3.26. The molecule has 1 aliphatic heterocycles. The number of amides is 2. The molecule has 6 nitrogen and oxygen atoms in total. The molecule has 1 aliphatic rings. The monoisotopic (exact) mass is 516 g/mol. The highest BCUT2D eigenvalue weighted by Crippen LogP contribution is 2.33. The van der Waals surface area contributed by atoms with Gasteiger partial charge < -0.3 is 14.8 Å². The Morgan fingerprint density at radius 2 is 1.69 bits per heavy atom. The van der Waals surface area contributed by atoms with Crippen molar-refractivity contribution in [3.05, 3.63) is 77.4 Å². The molecule has 0 saturated carbocycles. The molecule has 0 aliphatic carbocycles. The molecule has 36 heavy (non-hydrogen) atoms. The van der Waals surface area contributed by atoms with E-state index in [0.717, 1.165) is 21.4 Å². The van der Waals surface area contributed by atoms with Gasteiger partial charge in [0.15, 0.2) is 11.4 Å². The van der Waals surface area contributed by atoms with Crippen molar-refractivity contribution in [2.75, 3.05) is 24.2 Å². The van der Waals surface area contributed by atoms with Gasteiger partial charge in [-0.05, 0) is 55.5 Å². The summed E-state index contributed by atoms with van der Waals surface area (Å²) in [5.41, 5.74) is 1.37. The number of likely N-dealkylation sites (tertiary alicyclic amines) is 1. The number of nitrogens with zero attached hydrogens (tertiary/aromatic N) is 3. The summed E-state index contributed by atoms with van der Waals surface area (Å²) in [6, 6.07) is 15.6. The molecule has 2 aromatic carbocycles. The third-order valence-electron chi connectivity index (χ3n) is 6.25. The van der Waals surface area contributed by atoms with Crippen LogP contribution in [0, 0.1) is 6.92 Å². The van der Waals surface area contributed by atoms with E-state index < -0.39 is 23.5 Å². The number of carbonyl (C=O) groups excluding carboxylic acids is 2. The normalized spacial score (nSPS) is 14.6. The van der Waals surface area contributed by atoms with Crippen LogP contribution < -0.4 is 5.32 Å². The van der Waals surface area contributed by atoms with Crippen LogP contribution in [0.4, 0.5) is 18.9 Å². The molecule has 0 atom stereocenters. The third-order valence-corrected chi connectivity index (χ3v) is 7.26.